The van der Waals surface area contributed by atoms with Crippen LogP contribution in [0.4, 0.5) is 0 Å². The Labute approximate surface area is 174 Å². The summed E-state index contributed by atoms with van der Waals surface area (Å²) in [5, 5.41) is 1.24. The fourth-order valence-electron chi connectivity index (χ4n) is 3.28. The highest BCUT2D eigenvalue weighted by Gasteiger charge is 2.16. The Hall–Kier alpha value is -3.05. The van der Waals surface area contributed by atoms with Crippen LogP contribution in [-0.2, 0) is 5.75 Å². The minimum atomic E-state index is -0.0947. The molecule has 4 rings (SSSR count). The van der Waals surface area contributed by atoms with Crippen LogP contribution in [0.3, 0.4) is 0 Å². The maximum atomic E-state index is 13.4. The first-order valence-corrected chi connectivity index (χ1v) is 10.4. The number of thioether (sulfide) groups is 1. The van der Waals surface area contributed by atoms with E-state index >= 15 is 0 Å². The van der Waals surface area contributed by atoms with Gasteiger partial charge in [0.2, 0.25) is 0 Å². The molecule has 0 N–H and O–H groups in total. The Bertz CT molecular complexity index is 1250. The van der Waals surface area contributed by atoms with Crippen molar-refractivity contribution < 1.29 is 4.74 Å². The Balaban J connectivity index is 1.85. The van der Waals surface area contributed by atoms with E-state index < -0.39 is 0 Å². The van der Waals surface area contributed by atoms with Crippen molar-refractivity contribution in [2.45, 2.75) is 24.8 Å². The van der Waals surface area contributed by atoms with Crippen LogP contribution >= 0.6 is 11.8 Å². The molecule has 0 aliphatic heterocycles. The highest BCUT2D eigenvalue weighted by molar-refractivity contribution is 7.98. The van der Waals surface area contributed by atoms with Crippen molar-refractivity contribution >= 4 is 22.7 Å². The van der Waals surface area contributed by atoms with Gasteiger partial charge in [-0.05, 0) is 54.8 Å². The van der Waals surface area contributed by atoms with Gasteiger partial charge in [-0.1, -0.05) is 54.2 Å². The van der Waals surface area contributed by atoms with Crippen molar-refractivity contribution in [3.05, 3.63) is 93.8 Å². The van der Waals surface area contributed by atoms with Gasteiger partial charge in [0, 0.05) is 5.75 Å². The molecule has 0 aliphatic rings. The molecule has 5 heteroatoms. The summed E-state index contributed by atoms with van der Waals surface area (Å²) in [6.45, 7) is 4.22. The number of aromatic nitrogens is 2. The monoisotopic (exact) mass is 402 g/mol. The molecule has 0 unspecified atom stereocenters. The molecule has 0 fully saturated rings. The van der Waals surface area contributed by atoms with E-state index in [0.29, 0.717) is 27.5 Å². The van der Waals surface area contributed by atoms with Gasteiger partial charge in [-0.25, -0.2) is 4.98 Å². The molecule has 0 spiro atoms. The fraction of sp³-hybridized carbons (Fsp3) is 0.167. The van der Waals surface area contributed by atoms with Crippen molar-refractivity contribution in [1.82, 2.24) is 9.55 Å². The van der Waals surface area contributed by atoms with E-state index in [2.05, 4.69) is 32.0 Å². The number of hydrogen-bond acceptors (Lipinski definition) is 4. The van der Waals surface area contributed by atoms with E-state index in [-0.39, 0.29) is 5.56 Å². The van der Waals surface area contributed by atoms with Gasteiger partial charge in [0.15, 0.2) is 5.16 Å². The predicted molar refractivity (Wildman–Crippen MR) is 119 cm³/mol. The maximum absolute atomic E-state index is 13.4. The molecule has 146 valence electrons. The molecule has 0 amide bonds. The van der Waals surface area contributed by atoms with Crippen molar-refractivity contribution in [3.8, 4) is 11.4 Å². The van der Waals surface area contributed by atoms with Crippen LogP contribution < -0.4 is 10.3 Å². The summed E-state index contributed by atoms with van der Waals surface area (Å²) in [6.07, 6.45) is 0. The predicted octanol–water partition coefficient (Wildman–Crippen LogP) is 5.30. The van der Waals surface area contributed by atoms with Crippen molar-refractivity contribution in [2.75, 3.05) is 7.11 Å². The molecule has 3 aromatic carbocycles. The summed E-state index contributed by atoms with van der Waals surface area (Å²) in [5.74, 6) is 1.36. The number of methoxy groups -OCH3 is 1. The fourth-order valence-corrected chi connectivity index (χ4v) is 4.23. The van der Waals surface area contributed by atoms with Gasteiger partial charge in [-0.3, -0.25) is 9.36 Å². The number of nitrogens with zero attached hydrogens (tertiary/aromatic N) is 2. The second-order valence-electron chi connectivity index (χ2n) is 6.93. The Morgan fingerprint density at radius 2 is 1.72 bits per heavy atom. The van der Waals surface area contributed by atoms with Gasteiger partial charge in [0.05, 0.1) is 23.7 Å². The maximum Gasteiger partial charge on any atom is 0.266 e. The zero-order chi connectivity index (χ0) is 20.4. The number of hydrogen-bond donors (Lipinski definition) is 0. The highest BCUT2D eigenvalue weighted by Crippen LogP contribution is 2.29. The van der Waals surface area contributed by atoms with E-state index in [0.717, 1.165) is 5.75 Å². The quantitative estimate of drug-likeness (QED) is 0.335. The summed E-state index contributed by atoms with van der Waals surface area (Å²) in [5.41, 5.74) is 5.03. The lowest BCUT2D eigenvalue weighted by atomic mass is 10.1. The van der Waals surface area contributed by atoms with E-state index in [1.165, 1.54) is 16.7 Å². The van der Waals surface area contributed by atoms with Gasteiger partial charge < -0.3 is 4.74 Å². The number of ether oxygens (including phenoxy) is 1. The highest BCUT2D eigenvalue weighted by atomic mass is 32.2. The molecule has 0 bridgehead atoms. The Morgan fingerprint density at radius 3 is 2.52 bits per heavy atom. The molecule has 0 saturated heterocycles. The van der Waals surface area contributed by atoms with Crippen LogP contribution in [0.5, 0.6) is 5.75 Å². The zero-order valence-corrected chi connectivity index (χ0v) is 17.5. The molecule has 0 aliphatic carbocycles. The third kappa shape index (κ3) is 3.78. The number of rotatable bonds is 5. The molecule has 4 aromatic rings. The second-order valence-corrected chi connectivity index (χ2v) is 7.87. The van der Waals surface area contributed by atoms with Crippen molar-refractivity contribution in [3.63, 3.8) is 0 Å². The summed E-state index contributed by atoms with van der Waals surface area (Å²) in [4.78, 5) is 18.2. The number of para-hydroxylation sites is 3. The topological polar surface area (TPSA) is 44.1 Å². The first-order chi connectivity index (χ1) is 14.1. The van der Waals surface area contributed by atoms with Gasteiger partial charge in [-0.15, -0.1) is 0 Å². The largest absolute Gasteiger partial charge is 0.495 e. The van der Waals surface area contributed by atoms with E-state index in [4.69, 9.17) is 9.72 Å². The first-order valence-electron chi connectivity index (χ1n) is 9.42. The molecular weight excluding hydrogens is 380 g/mol. The lowest BCUT2D eigenvalue weighted by Crippen LogP contribution is -2.22. The van der Waals surface area contributed by atoms with Gasteiger partial charge >= 0.3 is 0 Å². The molecular formula is C24H22N2O2S. The Morgan fingerprint density at radius 1 is 0.966 bits per heavy atom. The standard InChI is InChI=1S/C24H22N2O2S/c1-16-12-13-18(14-17(16)2)15-29-24-25-20-9-5-4-8-19(20)23(27)26(24)21-10-6-7-11-22(21)28-3/h4-14H,15H2,1-3H3. The minimum absolute atomic E-state index is 0.0947. The smallest absolute Gasteiger partial charge is 0.266 e. The summed E-state index contributed by atoms with van der Waals surface area (Å²) in [6, 6.07) is 21.4. The summed E-state index contributed by atoms with van der Waals surface area (Å²) in [7, 11) is 1.61. The van der Waals surface area contributed by atoms with Crippen LogP contribution in [0.1, 0.15) is 16.7 Å². The van der Waals surface area contributed by atoms with Crippen molar-refractivity contribution in [2.24, 2.45) is 0 Å². The van der Waals surface area contributed by atoms with Crippen LogP contribution in [0, 0.1) is 13.8 Å². The lowest BCUT2D eigenvalue weighted by molar-refractivity contribution is 0.411. The molecule has 0 radical (unpaired) electrons. The van der Waals surface area contributed by atoms with Crippen LogP contribution in [0.25, 0.3) is 16.6 Å². The number of benzene rings is 3. The lowest BCUT2D eigenvalue weighted by Gasteiger charge is -2.16. The van der Waals surface area contributed by atoms with Crippen molar-refractivity contribution in [1.29, 1.82) is 0 Å². The van der Waals surface area contributed by atoms with Crippen LogP contribution in [0.2, 0.25) is 0 Å². The average molecular weight is 403 g/mol. The second kappa shape index (κ2) is 8.13. The molecule has 0 saturated carbocycles. The number of aryl methyl sites for hydroxylation is 2. The SMILES string of the molecule is COc1ccccc1-n1c(SCc2ccc(C)c(C)c2)nc2ccccc2c1=O. The molecule has 1 heterocycles. The van der Waals surface area contributed by atoms with Gasteiger partial charge in [0.25, 0.3) is 5.56 Å². The molecule has 1 aromatic heterocycles. The van der Waals surface area contributed by atoms with Gasteiger partial charge in [-0.2, -0.15) is 0 Å². The molecule has 0 atom stereocenters. The van der Waals surface area contributed by atoms with E-state index in [1.54, 1.807) is 23.4 Å². The average Bonchev–Trinajstić information content (AvgIpc) is 2.75. The van der Waals surface area contributed by atoms with E-state index in [1.807, 2.05) is 48.5 Å². The summed E-state index contributed by atoms with van der Waals surface area (Å²) < 4.78 is 7.18. The van der Waals surface area contributed by atoms with Crippen LogP contribution in [0.15, 0.2) is 76.7 Å². The van der Waals surface area contributed by atoms with Gasteiger partial charge in [0.1, 0.15) is 5.75 Å². The van der Waals surface area contributed by atoms with E-state index in [9.17, 15) is 4.79 Å². The third-order valence-electron chi connectivity index (χ3n) is 5.01. The Kier molecular flexibility index (Phi) is 5.41. The zero-order valence-electron chi connectivity index (χ0n) is 16.7. The third-order valence-corrected chi connectivity index (χ3v) is 6.02. The molecule has 29 heavy (non-hydrogen) atoms. The normalized spacial score (nSPS) is 11.0. The number of fused-ring (bicyclic) bond motifs is 1. The van der Waals surface area contributed by atoms with Crippen LogP contribution in [-0.4, -0.2) is 16.7 Å². The first kappa shape index (κ1) is 19.3. The summed E-state index contributed by atoms with van der Waals surface area (Å²) >= 11 is 1.55. The molecule has 4 nitrogen and oxygen atoms in total. The minimum Gasteiger partial charge on any atom is -0.495 e.